The normalized spacial score (nSPS) is 12.3. The molecule has 0 bridgehead atoms. The van der Waals surface area contributed by atoms with E-state index in [1.54, 1.807) is 6.20 Å². The molecule has 1 atom stereocenters. The Labute approximate surface area is 89.0 Å². The van der Waals surface area contributed by atoms with Gasteiger partial charge in [0.05, 0.1) is 5.69 Å². The lowest BCUT2D eigenvalue weighted by Gasteiger charge is -2.13. The Kier molecular flexibility index (Phi) is 3.05. The third-order valence-corrected chi connectivity index (χ3v) is 2.39. The number of benzene rings is 1. The molecule has 3 heteroatoms. The molecule has 1 unspecified atom stereocenters. The van der Waals surface area contributed by atoms with Crippen LogP contribution in [0.25, 0.3) is 0 Å². The van der Waals surface area contributed by atoms with Crippen LogP contribution in [0.15, 0.2) is 48.7 Å². The van der Waals surface area contributed by atoms with Gasteiger partial charge in [0.15, 0.2) is 0 Å². The van der Waals surface area contributed by atoms with Crippen LogP contribution in [0.3, 0.4) is 0 Å². The molecular weight excluding hydrogens is 186 g/mol. The number of nitrogens with two attached hydrogens (primary N) is 1. The van der Waals surface area contributed by atoms with Crippen molar-refractivity contribution in [2.75, 3.05) is 6.54 Å². The van der Waals surface area contributed by atoms with Crippen molar-refractivity contribution in [3.05, 3.63) is 59.9 Å². The fourth-order valence-electron chi connectivity index (χ4n) is 1.61. The third kappa shape index (κ3) is 2.19. The van der Waals surface area contributed by atoms with E-state index in [0.29, 0.717) is 6.54 Å². The Morgan fingerprint density at radius 1 is 1.07 bits per heavy atom. The minimum atomic E-state index is 0.139. The molecular formula is C12H13N3. The summed E-state index contributed by atoms with van der Waals surface area (Å²) in [5, 5.41) is 7.97. The molecule has 0 spiro atoms. The molecule has 0 aliphatic carbocycles. The highest BCUT2D eigenvalue weighted by Gasteiger charge is 2.12. The average Bonchev–Trinajstić information content (AvgIpc) is 2.33. The molecule has 1 aromatic heterocycles. The SMILES string of the molecule is NCC(c1ccccc1)c1cccnn1. The second-order valence-electron chi connectivity index (χ2n) is 3.35. The van der Waals surface area contributed by atoms with E-state index in [0.717, 1.165) is 5.69 Å². The highest BCUT2D eigenvalue weighted by atomic mass is 15.1. The molecule has 0 saturated heterocycles. The van der Waals surface area contributed by atoms with E-state index >= 15 is 0 Å². The van der Waals surface area contributed by atoms with Crippen molar-refractivity contribution in [2.45, 2.75) is 5.92 Å². The standard InChI is InChI=1S/C12H13N3/c13-9-11(10-5-2-1-3-6-10)12-7-4-8-14-15-12/h1-8,11H,9,13H2. The van der Waals surface area contributed by atoms with Crippen LogP contribution >= 0.6 is 0 Å². The van der Waals surface area contributed by atoms with E-state index in [1.165, 1.54) is 5.56 Å². The van der Waals surface area contributed by atoms with Gasteiger partial charge >= 0.3 is 0 Å². The minimum Gasteiger partial charge on any atom is -0.329 e. The minimum absolute atomic E-state index is 0.139. The topological polar surface area (TPSA) is 51.8 Å². The van der Waals surface area contributed by atoms with Crippen LogP contribution in [0.2, 0.25) is 0 Å². The van der Waals surface area contributed by atoms with E-state index in [4.69, 9.17) is 5.73 Å². The maximum Gasteiger partial charge on any atom is 0.0718 e. The molecule has 0 radical (unpaired) electrons. The van der Waals surface area contributed by atoms with Gasteiger partial charge in [0.2, 0.25) is 0 Å². The summed E-state index contributed by atoms with van der Waals surface area (Å²) in [6.45, 7) is 0.544. The van der Waals surface area contributed by atoms with Crippen molar-refractivity contribution in [3.63, 3.8) is 0 Å². The van der Waals surface area contributed by atoms with E-state index < -0.39 is 0 Å². The van der Waals surface area contributed by atoms with Gasteiger partial charge in [-0.25, -0.2) is 0 Å². The molecule has 2 N–H and O–H groups in total. The van der Waals surface area contributed by atoms with Gasteiger partial charge in [-0.1, -0.05) is 30.3 Å². The fraction of sp³-hybridized carbons (Fsp3) is 0.167. The van der Waals surface area contributed by atoms with Gasteiger partial charge < -0.3 is 5.73 Å². The number of aromatic nitrogens is 2. The van der Waals surface area contributed by atoms with Crippen LogP contribution < -0.4 is 5.73 Å². The summed E-state index contributed by atoms with van der Waals surface area (Å²) in [6, 6.07) is 14.0. The lowest BCUT2D eigenvalue weighted by molar-refractivity contribution is 0.760. The summed E-state index contributed by atoms with van der Waals surface area (Å²) in [4.78, 5) is 0. The van der Waals surface area contributed by atoms with Gasteiger partial charge in [-0.15, -0.1) is 0 Å². The third-order valence-electron chi connectivity index (χ3n) is 2.39. The zero-order valence-corrected chi connectivity index (χ0v) is 8.38. The molecule has 0 fully saturated rings. The molecule has 1 aromatic carbocycles. The zero-order valence-electron chi connectivity index (χ0n) is 8.38. The first-order valence-electron chi connectivity index (χ1n) is 4.94. The van der Waals surface area contributed by atoms with Crippen LogP contribution in [-0.2, 0) is 0 Å². The molecule has 2 rings (SSSR count). The largest absolute Gasteiger partial charge is 0.329 e. The maximum absolute atomic E-state index is 5.77. The molecule has 3 nitrogen and oxygen atoms in total. The summed E-state index contributed by atoms with van der Waals surface area (Å²) < 4.78 is 0. The molecule has 15 heavy (non-hydrogen) atoms. The molecule has 0 aliphatic rings. The quantitative estimate of drug-likeness (QED) is 0.816. The maximum atomic E-state index is 5.77. The summed E-state index contributed by atoms with van der Waals surface area (Å²) >= 11 is 0. The highest BCUT2D eigenvalue weighted by Crippen LogP contribution is 2.20. The first-order chi connectivity index (χ1) is 7.42. The number of nitrogens with zero attached hydrogens (tertiary/aromatic N) is 2. The van der Waals surface area contributed by atoms with Gasteiger partial charge in [0, 0.05) is 18.7 Å². The van der Waals surface area contributed by atoms with Gasteiger partial charge in [0.1, 0.15) is 0 Å². The summed E-state index contributed by atoms with van der Waals surface area (Å²) in [6.07, 6.45) is 1.67. The number of hydrogen-bond acceptors (Lipinski definition) is 3. The first kappa shape index (κ1) is 9.80. The van der Waals surface area contributed by atoms with E-state index in [2.05, 4.69) is 22.3 Å². The molecule has 76 valence electrons. The zero-order chi connectivity index (χ0) is 10.5. The molecule has 0 aliphatic heterocycles. The molecule has 1 heterocycles. The summed E-state index contributed by atoms with van der Waals surface area (Å²) in [7, 11) is 0. The molecule has 0 saturated carbocycles. The Morgan fingerprint density at radius 2 is 1.87 bits per heavy atom. The smallest absolute Gasteiger partial charge is 0.0718 e. The predicted molar refractivity (Wildman–Crippen MR) is 59.4 cm³/mol. The van der Waals surface area contributed by atoms with Crippen LogP contribution in [0, 0.1) is 0 Å². The Morgan fingerprint density at radius 3 is 2.47 bits per heavy atom. The van der Waals surface area contributed by atoms with Gasteiger partial charge in [-0.2, -0.15) is 10.2 Å². The van der Waals surface area contributed by atoms with Crippen LogP contribution in [0.1, 0.15) is 17.2 Å². The van der Waals surface area contributed by atoms with Gasteiger partial charge in [-0.3, -0.25) is 0 Å². The van der Waals surface area contributed by atoms with Crippen molar-refractivity contribution in [3.8, 4) is 0 Å². The Bertz CT molecular complexity index is 360. The van der Waals surface area contributed by atoms with Crippen molar-refractivity contribution < 1.29 is 0 Å². The monoisotopic (exact) mass is 199 g/mol. The van der Waals surface area contributed by atoms with Crippen LogP contribution in [0.5, 0.6) is 0 Å². The summed E-state index contributed by atoms with van der Waals surface area (Å²) in [5.41, 5.74) is 7.87. The summed E-state index contributed by atoms with van der Waals surface area (Å²) in [5.74, 6) is 0.139. The van der Waals surface area contributed by atoms with E-state index in [1.807, 2.05) is 30.3 Å². The Balaban J connectivity index is 2.34. The second kappa shape index (κ2) is 4.66. The van der Waals surface area contributed by atoms with Gasteiger partial charge in [-0.05, 0) is 17.7 Å². The van der Waals surface area contributed by atoms with Gasteiger partial charge in [0.25, 0.3) is 0 Å². The van der Waals surface area contributed by atoms with E-state index in [-0.39, 0.29) is 5.92 Å². The molecule has 2 aromatic rings. The highest BCUT2D eigenvalue weighted by molar-refractivity contribution is 5.27. The first-order valence-corrected chi connectivity index (χ1v) is 4.94. The lowest BCUT2D eigenvalue weighted by Crippen LogP contribution is -2.15. The lowest BCUT2D eigenvalue weighted by atomic mass is 9.96. The number of rotatable bonds is 3. The predicted octanol–water partition coefficient (Wildman–Crippen LogP) is 1.57. The second-order valence-corrected chi connectivity index (χ2v) is 3.35. The average molecular weight is 199 g/mol. The van der Waals surface area contributed by atoms with Crippen molar-refractivity contribution in [1.82, 2.24) is 10.2 Å². The van der Waals surface area contributed by atoms with Crippen molar-refractivity contribution >= 4 is 0 Å². The van der Waals surface area contributed by atoms with Crippen molar-refractivity contribution in [1.29, 1.82) is 0 Å². The number of hydrogen-bond donors (Lipinski definition) is 1. The van der Waals surface area contributed by atoms with Crippen molar-refractivity contribution in [2.24, 2.45) is 5.73 Å². The van der Waals surface area contributed by atoms with Crippen LogP contribution in [0.4, 0.5) is 0 Å². The molecule has 0 amide bonds. The Hall–Kier alpha value is -1.74. The van der Waals surface area contributed by atoms with E-state index in [9.17, 15) is 0 Å². The fourth-order valence-corrected chi connectivity index (χ4v) is 1.61. The van der Waals surface area contributed by atoms with Crippen LogP contribution in [-0.4, -0.2) is 16.7 Å².